The third-order valence-electron chi connectivity index (χ3n) is 0.595. The molecular formula is C6H10O4. The second kappa shape index (κ2) is 6.10. The maximum Gasteiger partial charge on any atom is 0.307 e. The Bertz CT molecular complexity index is 119. The molecule has 0 aromatic rings. The molecule has 0 spiro atoms. The molecule has 0 aliphatic carbocycles. The van der Waals surface area contributed by atoms with Gasteiger partial charge in [0.25, 0.3) is 0 Å². The third-order valence-corrected chi connectivity index (χ3v) is 0.595. The highest BCUT2D eigenvalue weighted by atomic mass is 16.5. The molecule has 0 fully saturated rings. The number of carbonyl (C=O) groups excluding carboxylic acids is 1. The van der Waals surface area contributed by atoms with Crippen LogP contribution in [0.1, 0.15) is 6.92 Å². The lowest BCUT2D eigenvalue weighted by molar-refractivity contribution is -0.135. The first-order valence-corrected chi connectivity index (χ1v) is 2.82. The summed E-state index contributed by atoms with van der Waals surface area (Å²) in [6.07, 6.45) is 2.33. The van der Waals surface area contributed by atoms with Gasteiger partial charge >= 0.3 is 5.97 Å². The Morgan fingerprint density at radius 3 is 2.80 bits per heavy atom. The fourth-order valence-corrected chi connectivity index (χ4v) is 0.284. The van der Waals surface area contributed by atoms with Crippen LogP contribution >= 0.6 is 0 Å². The van der Waals surface area contributed by atoms with Gasteiger partial charge in [-0.1, -0.05) is 0 Å². The smallest absolute Gasteiger partial charge is 0.307 e. The van der Waals surface area contributed by atoms with Gasteiger partial charge in [0.2, 0.25) is 0 Å². The molecule has 10 heavy (non-hydrogen) atoms. The van der Waals surface area contributed by atoms with Crippen LogP contribution in [0.15, 0.2) is 12.5 Å². The van der Waals surface area contributed by atoms with Gasteiger partial charge in [0.15, 0.2) is 0 Å². The molecule has 0 saturated carbocycles. The van der Waals surface area contributed by atoms with Crippen LogP contribution in [0.4, 0.5) is 0 Å². The van der Waals surface area contributed by atoms with Crippen LogP contribution in [0.3, 0.4) is 0 Å². The zero-order valence-corrected chi connectivity index (χ0v) is 5.74. The average Bonchev–Trinajstić information content (AvgIpc) is 1.87. The minimum atomic E-state index is -0.399. The quantitative estimate of drug-likeness (QED) is 0.345. The average molecular weight is 146 g/mol. The molecular weight excluding hydrogens is 136 g/mol. The van der Waals surface area contributed by atoms with E-state index in [2.05, 4.69) is 9.47 Å². The predicted octanol–water partition coefficient (Wildman–Crippen LogP) is 0.0296. The van der Waals surface area contributed by atoms with E-state index >= 15 is 0 Å². The predicted molar refractivity (Wildman–Crippen MR) is 33.9 cm³/mol. The molecule has 0 atom stereocenters. The van der Waals surface area contributed by atoms with Crippen LogP contribution in [0.25, 0.3) is 0 Å². The Morgan fingerprint density at radius 1 is 1.60 bits per heavy atom. The molecule has 0 radical (unpaired) electrons. The monoisotopic (exact) mass is 146 g/mol. The van der Waals surface area contributed by atoms with E-state index in [4.69, 9.17) is 5.11 Å². The van der Waals surface area contributed by atoms with Crippen molar-refractivity contribution in [3.8, 4) is 0 Å². The number of esters is 1. The van der Waals surface area contributed by atoms with Gasteiger partial charge in [-0.3, -0.25) is 4.79 Å². The number of rotatable bonds is 4. The van der Waals surface area contributed by atoms with Crippen molar-refractivity contribution >= 4 is 5.97 Å². The second-order valence-electron chi connectivity index (χ2n) is 1.48. The van der Waals surface area contributed by atoms with E-state index < -0.39 is 5.97 Å². The number of hydrogen-bond donors (Lipinski definition) is 1. The van der Waals surface area contributed by atoms with Crippen molar-refractivity contribution < 1.29 is 19.4 Å². The van der Waals surface area contributed by atoms with E-state index in [1.807, 2.05) is 0 Å². The van der Waals surface area contributed by atoms with E-state index in [1.165, 1.54) is 13.2 Å². The van der Waals surface area contributed by atoms with E-state index in [9.17, 15) is 4.79 Å². The van der Waals surface area contributed by atoms with Crippen molar-refractivity contribution in [2.75, 3.05) is 13.2 Å². The van der Waals surface area contributed by atoms with Crippen molar-refractivity contribution in [2.24, 2.45) is 0 Å². The van der Waals surface area contributed by atoms with Gasteiger partial charge in [-0.2, -0.15) is 0 Å². The number of carbonyl (C=O) groups is 1. The Balaban J connectivity index is 3.12. The van der Waals surface area contributed by atoms with Crippen LogP contribution in [0.2, 0.25) is 0 Å². The van der Waals surface area contributed by atoms with Crippen LogP contribution in [0, 0.1) is 0 Å². The van der Waals surface area contributed by atoms with Crippen LogP contribution in [-0.4, -0.2) is 24.3 Å². The van der Waals surface area contributed by atoms with Gasteiger partial charge in [0.1, 0.15) is 19.1 Å². The van der Waals surface area contributed by atoms with Gasteiger partial charge in [-0.25, -0.2) is 0 Å². The second-order valence-corrected chi connectivity index (χ2v) is 1.48. The Kier molecular flexibility index (Phi) is 5.47. The number of aliphatic hydroxyl groups is 1. The van der Waals surface area contributed by atoms with Gasteiger partial charge < -0.3 is 14.6 Å². The molecule has 1 N–H and O–H groups in total. The molecule has 58 valence electrons. The summed E-state index contributed by atoms with van der Waals surface area (Å²) >= 11 is 0. The molecule has 4 heteroatoms. The molecule has 0 amide bonds. The zero-order valence-electron chi connectivity index (χ0n) is 5.74. The highest BCUT2D eigenvalue weighted by Gasteiger charge is 1.83. The summed E-state index contributed by atoms with van der Waals surface area (Å²) in [7, 11) is 0. The molecule has 0 rings (SSSR count). The topological polar surface area (TPSA) is 55.8 Å². The summed E-state index contributed by atoms with van der Waals surface area (Å²) < 4.78 is 8.99. The standard InChI is InChI=1S/C6H10O4/c1-6(8)10-5-4-9-3-2-7/h4-5,7H,2-3H2,1H3. The third kappa shape index (κ3) is 6.97. The first-order chi connectivity index (χ1) is 4.77. The first kappa shape index (κ1) is 8.97. The summed E-state index contributed by atoms with van der Waals surface area (Å²) in [6, 6.07) is 0. The Labute approximate surface area is 59.1 Å². The lowest BCUT2D eigenvalue weighted by atomic mass is 10.8. The van der Waals surface area contributed by atoms with Crippen LogP contribution in [0.5, 0.6) is 0 Å². The highest BCUT2D eigenvalue weighted by Crippen LogP contribution is 1.80. The summed E-state index contributed by atoms with van der Waals surface area (Å²) in [5, 5.41) is 8.21. The fourth-order valence-electron chi connectivity index (χ4n) is 0.284. The van der Waals surface area contributed by atoms with Crippen LogP contribution in [-0.2, 0) is 14.3 Å². The van der Waals surface area contributed by atoms with Gasteiger partial charge in [0, 0.05) is 6.92 Å². The van der Waals surface area contributed by atoms with Crippen molar-refractivity contribution in [3.05, 3.63) is 12.5 Å². The van der Waals surface area contributed by atoms with E-state index in [-0.39, 0.29) is 13.2 Å². The lowest BCUT2D eigenvalue weighted by Gasteiger charge is -1.94. The van der Waals surface area contributed by atoms with Crippen molar-refractivity contribution in [1.29, 1.82) is 0 Å². The summed E-state index contributed by atoms with van der Waals surface area (Å²) in [4.78, 5) is 10.1. The minimum Gasteiger partial charge on any atom is -0.496 e. The molecule has 0 unspecified atom stereocenters. The minimum absolute atomic E-state index is 0.0512. The van der Waals surface area contributed by atoms with Gasteiger partial charge in [-0.05, 0) is 0 Å². The highest BCUT2D eigenvalue weighted by molar-refractivity contribution is 5.66. The van der Waals surface area contributed by atoms with E-state index in [0.29, 0.717) is 0 Å². The molecule has 0 aliphatic rings. The Morgan fingerprint density at radius 2 is 2.30 bits per heavy atom. The number of ether oxygens (including phenoxy) is 2. The fraction of sp³-hybridized carbons (Fsp3) is 0.500. The molecule has 0 saturated heterocycles. The molecule has 0 bridgehead atoms. The number of aliphatic hydroxyl groups excluding tert-OH is 1. The van der Waals surface area contributed by atoms with Gasteiger partial charge in [0.05, 0.1) is 6.61 Å². The van der Waals surface area contributed by atoms with E-state index in [0.717, 1.165) is 6.26 Å². The largest absolute Gasteiger partial charge is 0.496 e. The lowest BCUT2D eigenvalue weighted by Crippen LogP contribution is -1.94. The van der Waals surface area contributed by atoms with Crippen molar-refractivity contribution in [1.82, 2.24) is 0 Å². The maximum absolute atomic E-state index is 10.1. The van der Waals surface area contributed by atoms with Gasteiger partial charge in [-0.15, -0.1) is 0 Å². The Hall–Kier alpha value is -1.03. The van der Waals surface area contributed by atoms with E-state index in [1.54, 1.807) is 0 Å². The number of hydrogen-bond acceptors (Lipinski definition) is 4. The molecule has 0 aromatic heterocycles. The summed E-state index contributed by atoms with van der Waals surface area (Å²) in [5.41, 5.74) is 0. The SMILES string of the molecule is CC(=O)OC=COCCO. The maximum atomic E-state index is 10.1. The van der Waals surface area contributed by atoms with Crippen molar-refractivity contribution in [3.63, 3.8) is 0 Å². The molecule has 0 heterocycles. The normalized spacial score (nSPS) is 9.80. The zero-order chi connectivity index (χ0) is 7.82. The van der Waals surface area contributed by atoms with Crippen molar-refractivity contribution in [2.45, 2.75) is 6.92 Å². The summed E-state index contributed by atoms with van der Waals surface area (Å²) in [6.45, 7) is 1.44. The molecule has 0 aromatic carbocycles. The van der Waals surface area contributed by atoms with Crippen LogP contribution < -0.4 is 0 Å². The first-order valence-electron chi connectivity index (χ1n) is 2.82. The molecule has 4 nitrogen and oxygen atoms in total. The molecule has 0 aliphatic heterocycles. The summed E-state index contributed by atoms with van der Waals surface area (Å²) in [5.74, 6) is -0.399.